The maximum absolute atomic E-state index is 10.6. The van der Waals surface area contributed by atoms with Crippen molar-refractivity contribution in [2.24, 2.45) is 0 Å². The second-order valence-corrected chi connectivity index (χ2v) is 2.33. The van der Waals surface area contributed by atoms with E-state index in [1.165, 1.54) is 12.1 Å². The number of halogens is 1. The highest BCUT2D eigenvalue weighted by atomic mass is 35.5. The van der Waals surface area contributed by atoms with Crippen LogP contribution >= 0.6 is 19.6 Å². The number of benzene rings is 1. The van der Waals surface area contributed by atoms with Gasteiger partial charge in [0.25, 0.3) is 0 Å². The highest BCUT2D eigenvalue weighted by Gasteiger charge is 2.05. The summed E-state index contributed by atoms with van der Waals surface area (Å²) in [6, 6.07) is 6.11. The Balaban J connectivity index is 0.000000671. The van der Waals surface area contributed by atoms with Gasteiger partial charge in [0.15, 0.2) is 0 Å². The van der Waals surface area contributed by atoms with Crippen LogP contribution in [-0.4, -0.2) is 11.2 Å². The van der Waals surface area contributed by atoms with Crippen LogP contribution in [0.2, 0.25) is 5.02 Å². The van der Waals surface area contributed by atoms with Crippen LogP contribution in [0, 0.1) is 0 Å². The first-order valence-corrected chi connectivity index (χ1v) is 4.87. The van der Waals surface area contributed by atoms with Gasteiger partial charge in [-0.25, -0.2) is 4.79 Å². The molecule has 3 nitrogen and oxygen atoms in total. The van der Waals surface area contributed by atoms with E-state index in [1.807, 2.05) is 0 Å². The molecule has 0 atom stereocenters. The molecule has 1 aromatic carbocycles. The molecule has 0 fully saturated rings. The van der Waals surface area contributed by atoms with Crippen LogP contribution in [0.15, 0.2) is 24.3 Å². The van der Waals surface area contributed by atoms with Gasteiger partial charge in [-0.15, -0.1) is 0 Å². The van der Waals surface area contributed by atoms with Crippen molar-refractivity contribution < 1.29 is 14.9 Å². The van der Waals surface area contributed by atoms with Crippen molar-refractivity contribution in [1.29, 1.82) is 0 Å². The van der Waals surface area contributed by atoms with E-state index < -0.39 is 5.97 Å². The molecule has 0 amide bonds. The number of carbonyl (C=O) groups is 1. The van der Waals surface area contributed by atoms with E-state index in [9.17, 15) is 4.79 Å². The van der Waals surface area contributed by atoms with Crippen molar-refractivity contribution >= 4 is 37.4 Å². The SMILES string of the molecule is O=C(OO)c1cccc(Cl)c1.[P]=S. The van der Waals surface area contributed by atoms with Crippen LogP contribution in [0.5, 0.6) is 0 Å². The minimum absolute atomic E-state index is 0.222. The molecule has 0 aromatic heterocycles. The summed E-state index contributed by atoms with van der Waals surface area (Å²) < 4.78 is 0. The van der Waals surface area contributed by atoms with Crippen LogP contribution < -0.4 is 0 Å². The van der Waals surface area contributed by atoms with E-state index in [2.05, 4.69) is 24.7 Å². The zero-order valence-electron chi connectivity index (χ0n) is 6.31. The molecule has 0 spiro atoms. The van der Waals surface area contributed by atoms with Crippen LogP contribution in [0.3, 0.4) is 0 Å². The summed E-state index contributed by atoms with van der Waals surface area (Å²) in [5.41, 5.74) is 0.222. The van der Waals surface area contributed by atoms with Gasteiger partial charge in [-0.1, -0.05) is 17.7 Å². The highest BCUT2D eigenvalue weighted by molar-refractivity contribution is 7.88. The number of carbonyl (C=O) groups excluding carboxylic acids is 1. The molecule has 6 heteroatoms. The zero-order chi connectivity index (χ0) is 10.3. The lowest BCUT2D eigenvalue weighted by atomic mass is 10.2. The van der Waals surface area contributed by atoms with Crippen molar-refractivity contribution in [1.82, 2.24) is 0 Å². The van der Waals surface area contributed by atoms with Crippen molar-refractivity contribution in [2.45, 2.75) is 0 Å². The monoisotopic (exact) mass is 235 g/mol. The maximum Gasteiger partial charge on any atom is 0.372 e. The predicted octanol–water partition coefficient (Wildman–Crippen LogP) is 2.83. The molecule has 0 heterocycles. The molecule has 1 N–H and O–H groups in total. The summed E-state index contributed by atoms with van der Waals surface area (Å²) in [4.78, 5) is 14.1. The van der Waals surface area contributed by atoms with Gasteiger partial charge in [-0.3, -0.25) is 4.89 Å². The molecule has 0 aliphatic carbocycles. The highest BCUT2D eigenvalue weighted by Crippen LogP contribution is 2.10. The second kappa shape index (κ2) is 6.92. The smallest absolute Gasteiger partial charge is 0.296 e. The molecule has 1 aromatic rings. The third kappa shape index (κ3) is 4.29. The Morgan fingerprint density at radius 3 is 2.62 bits per heavy atom. The molecule has 1 radical (unpaired) electrons. The minimum atomic E-state index is -0.813. The number of hydrogen-bond acceptors (Lipinski definition) is 4. The van der Waals surface area contributed by atoms with Gasteiger partial charge in [0.05, 0.1) is 5.56 Å². The minimum Gasteiger partial charge on any atom is -0.296 e. The standard InChI is InChI=1S/C7H5ClO3.PS/c8-6-3-1-2-5(4-6)7(9)11-10;1-2/h1-4,10H;. The molecule has 1 rings (SSSR count). The van der Waals surface area contributed by atoms with Gasteiger partial charge < -0.3 is 0 Å². The van der Waals surface area contributed by atoms with Gasteiger partial charge in [0.1, 0.15) is 0 Å². The molecule has 13 heavy (non-hydrogen) atoms. The molecular weight excluding hydrogens is 231 g/mol. The molecule has 69 valence electrons. The Bertz CT molecular complexity index is 295. The summed E-state index contributed by atoms with van der Waals surface area (Å²) in [5, 5.41) is 8.41. The molecule has 0 aliphatic heterocycles. The fourth-order valence-corrected chi connectivity index (χ4v) is 0.858. The van der Waals surface area contributed by atoms with E-state index in [0.29, 0.717) is 5.02 Å². The summed E-state index contributed by atoms with van der Waals surface area (Å²) in [6.07, 6.45) is 0. The Kier molecular flexibility index (Phi) is 6.63. The molecule has 0 unspecified atom stereocenters. The summed E-state index contributed by atoms with van der Waals surface area (Å²) in [5.74, 6) is -0.813. The first-order chi connectivity index (χ1) is 6.24. The third-order valence-corrected chi connectivity index (χ3v) is 1.38. The van der Waals surface area contributed by atoms with Crippen molar-refractivity contribution in [3.63, 3.8) is 0 Å². The lowest BCUT2D eigenvalue weighted by molar-refractivity contribution is -0.182. The van der Waals surface area contributed by atoms with Crippen LogP contribution in [-0.2, 0) is 16.7 Å². The van der Waals surface area contributed by atoms with E-state index >= 15 is 0 Å². The van der Waals surface area contributed by atoms with Crippen molar-refractivity contribution in [2.75, 3.05) is 0 Å². The van der Waals surface area contributed by atoms with E-state index in [0.717, 1.165) is 0 Å². The first kappa shape index (κ1) is 12.5. The normalized spacial score (nSPS) is 8.15. The molecule has 0 saturated carbocycles. The Labute approximate surface area is 87.5 Å². The van der Waals surface area contributed by atoms with Gasteiger partial charge >= 0.3 is 5.97 Å². The van der Waals surface area contributed by atoms with E-state index in [1.54, 1.807) is 12.1 Å². The Hall–Kier alpha value is -0.540. The average molecular weight is 236 g/mol. The topological polar surface area (TPSA) is 46.5 Å². The fraction of sp³-hybridized carbons (Fsp3) is 0. The maximum atomic E-state index is 10.6. The first-order valence-electron chi connectivity index (χ1n) is 3.03. The summed E-state index contributed by atoms with van der Waals surface area (Å²) in [7, 11) is 3.11. The predicted molar refractivity (Wildman–Crippen MR) is 53.8 cm³/mol. The Morgan fingerprint density at radius 2 is 2.15 bits per heavy atom. The zero-order valence-corrected chi connectivity index (χ0v) is 8.77. The van der Waals surface area contributed by atoms with Crippen LogP contribution in [0.4, 0.5) is 0 Å². The average Bonchev–Trinajstić information content (AvgIpc) is 2.20. The lowest BCUT2D eigenvalue weighted by Crippen LogP contribution is -2.00. The van der Waals surface area contributed by atoms with E-state index in [4.69, 9.17) is 16.9 Å². The van der Waals surface area contributed by atoms with Crippen LogP contribution in [0.1, 0.15) is 10.4 Å². The van der Waals surface area contributed by atoms with Gasteiger partial charge in [0, 0.05) is 13.0 Å². The Morgan fingerprint density at radius 1 is 1.54 bits per heavy atom. The van der Waals surface area contributed by atoms with E-state index in [-0.39, 0.29) is 5.56 Å². The molecule has 0 bridgehead atoms. The molecule has 0 aliphatic rings. The van der Waals surface area contributed by atoms with Gasteiger partial charge in [0.2, 0.25) is 0 Å². The van der Waals surface area contributed by atoms with Crippen molar-refractivity contribution in [3.05, 3.63) is 34.9 Å². The van der Waals surface area contributed by atoms with Gasteiger partial charge in [-0.05, 0) is 30.0 Å². The van der Waals surface area contributed by atoms with Gasteiger partial charge in [-0.2, -0.15) is 5.26 Å². The lowest BCUT2D eigenvalue weighted by Gasteiger charge is -1.95. The fourth-order valence-electron chi connectivity index (χ4n) is 0.668. The van der Waals surface area contributed by atoms with Crippen molar-refractivity contribution in [3.8, 4) is 0 Å². The third-order valence-electron chi connectivity index (χ3n) is 1.14. The summed E-state index contributed by atoms with van der Waals surface area (Å²) in [6.45, 7) is 0. The second-order valence-electron chi connectivity index (χ2n) is 1.89. The number of rotatable bonds is 1. The largest absolute Gasteiger partial charge is 0.372 e. The number of hydrogen-bond donors (Lipinski definition) is 1. The van der Waals surface area contributed by atoms with Crippen LogP contribution in [0.25, 0.3) is 0 Å². The summed E-state index contributed by atoms with van der Waals surface area (Å²) >= 11 is 9.33. The molecular formula is C7H5ClO3PS. The molecule has 0 saturated heterocycles. The quantitative estimate of drug-likeness (QED) is 0.462.